The third kappa shape index (κ3) is 3.73. The Bertz CT molecular complexity index is 1420. The summed E-state index contributed by atoms with van der Waals surface area (Å²) in [5, 5.41) is 26.5. The molecule has 1 saturated heterocycles. The number of piperidine rings is 1. The van der Waals surface area contributed by atoms with Crippen LogP contribution in [0.2, 0.25) is 0 Å². The van der Waals surface area contributed by atoms with Crippen molar-refractivity contribution in [3.63, 3.8) is 0 Å². The van der Waals surface area contributed by atoms with Crippen molar-refractivity contribution in [2.45, 2.75) is 80.9 Å². The topological polar surface area (TPSA) is 89.9 Å². The minimum atomic E-state index is -1.53. The fraction of sp³-hybridized carbons (Fsp3) is 0.684. The molecular formula is C38H51NO7. The maximum Gasteiger partial charge on any atom is 0.136 e. The molecule has 6 aliphatic rings. The third-order valence-electron chi connectivity index (χ3n) is 14.0. The molecule has 13 atom stereocenters. The molecule has 8 nitrogen and oxygen atoms in total. The Morgan fingerprint density at radius 3 is 2.28 bits per heavy atom. The number of likely N-dealkylation sites (tertiary alicyclic amines) is 1. The SMILES string of the molecule is CCN1C[C@]2(COCc3ccc(-c4ccccc4)cc3)CC[C@H](OC)[C@]34C1[C@](O)([C@@H](OC)[C@H]23)[C@@]1(O)C[C@H](OC)[C@H]2C[C@@H]4[C@@H]1[C@H]2OC. The van der Waals surface area contributed by atoms with E-state index in [2.05, 4.69) is 60.4 Å². The van der Waals surface area contributed by atoms with Crippen molar-refractivity contribution >= 4 is 0 Å². The summed E-state index contributed by atoms with van der Waals surface area (Å²) in [5.41, 5.74) is -0.117. The van der Waals surface area contributed by atoms with Gasteiger partial charge >= 0.3 is 0 Å². The Kier molecular flexibility index (Phi) is 7.56. The number of ether oxygens (including phenoxy) is 5. The molecule has 2 aromatic rings. The van der Waals surface area contributed by atoms with Crippen LogP contribution in [0.25, 0.3) is 11.1 Å². The highest BCUT2D eigenvalue weighted by Crippen LogP contribution is 2.80. The normalized spacial score (nSPS) is 46.9. The van der Waals surface area contributed by atoms with E-state index in [1.165, 1.54) is 11.1 Å². The van der Waals surface area contributed by atoms with Crippen LogP contribution in [0.1, 0.15) is 38.2 Å². The van der Waals surface area contributed by atoms with Crippen molar-refractivity contribution in [2.75, 3.05) is 48.1 Å². The molecule has 8 rings (SSSR count). The van der Waals surface area contributed by atoms with Gasteiger partial charge < -0.3 is 33.9 Å². The predicted molar refractivity (Wildman–Crippen MR) is 173 cm³/mol. The van der Waals surface area contributed by atoms with Crippen molar-refractivity contribution in [1.82, 2.24) is 4.90 Å². The summed E-state index contributed by atoms with van der Waals surface area (Å²) in [4.78, 5) is 2.46. The first-order valence-electron chi connectivity index (χ1n) is 17.3. The minimum absolute atomic E-state index is 0.0427. The molecule has 0 amide bonds. The third-order valence-corrected chi connectivity index (χ3v) is 14.0. The molecule has 5 saturated carbocycles. The minimum Gasteiger partial charge on any atom is -0.386 e. The Balaban J connectivity index is 1.19. The zero-order chi connectivity index (χ0) is 32.1. The van der Waals surface area contributed by atoms with Crippen LogP contribution >= 0.6 is 0 Å². The van der Waals surface area contributed by atoms with Gasteiger partial charge in [0.05, 0.1) is 43.7 Å². The Labute approximate surface area is 273 Å². The first-order chi connectivity index (χ1) is 22.3. The quantitative estimate of drug-likeness (QED) is 0.404. The van der Waals surface area contributed by atoms with Gasteiger partial charge in [0.25, 0.3) is 0 Å². The number of benzene rings is 2. The molecular weight excluding hydrogens is 582 g/mol. The summed E-state index contributed by atoms with van der Waals surface area (Å²) in [5.74, 6) is -0.0261. The summed E-state index contributed by atoms with van der Waals surface area (Å²) >= 11 is 0. The molecule has 1 unspecified atom stereocenters. The second-order valence-electron chi connectivity index (χ2n) is 15.2. The van der Waals surface area contributed by atoms with Crippen molar-refractivity contribution in [3.8, 4) is 11.1 Å². The lowest BCUT2D eigenvalue weighted by Crippen LogP contribution is -2.82. The van der Waals surface area contributed by atoms with Gasteiger partial charge in [-0.2, -0.15) is 0 Å². The Hall–Kier alpha value is -1.88. The highest BCUT2D eigenvalue weighted by Gasteiger charge is 2.91. The van der Waals surface area contributed by atoms with Gasteiger partial charge in [-0.1, -0.05) is 61.5 Å². The summed E-state index contributed by atoms with van der Waals surface area (Å²) < 4.78 is 32.0. The van der Waals surface area contributed by atoms with E-state index in [-0.39, 0.29) is 53.4 Å². The van der Waals surface area contributed by atoms with Crippen molar-refractivity contribution in [2.24, 2.45) is 34.5 Å². The average molecular weight is 634 g/mol. The van der Waals surface area contributed by atoms with E-state index in [0.29, 0.717) is 19.6 Å². The van der Waals surface area contributed by atoms with Gasteiger partial charge in [-0.25, -0.2) is 0 Å². The summed E-state index contributed by atoms with van der Waals surface area (Å²) in [7, 11) is 7.03. The number of rotatable bonds is 10. The second kappa shape index (κ2) is 11.1. The first kappa shape index (κ1) is 31.4. The fourth-order valence-electron chi connectivity index (χ4n) is 12.8. The highest BCUT2D eigenvalue weighted by atomic mass is 16.5. The zero-order valence-electron chi connectivity index (χ0n) is 27.9. The maximum absolute atomic E-state index is 13.4. The van der Waals surface area contributed by atoms with Crippen LogP contribution in [0.5, 0.6) is 0 Å². The molecule has 46 heavy (non-hydrogen) atoms. The molecule has 1 spiro atoms. The Morgan fingerprint density at radius 2 is 1.63 bits per heavy atom. The van der Waals surface area contributed by atoms with Crippen LogP contribution < -0.4 is 0 Å². The van der Waals surface area contributed by atoms with Gasteiger partial charge in [-0.05, 0) is 48.4 Å². The highest BCUT2D eigenvalue weighted by molar-refractivity contribution is 5.63. The molecule has 5 aliphatic carbocycles. The first-order valence-corrected chi connectivity index (χ1v) is 17.3. The van der Waals surface area contributed by atoms with Crippen LogP contribution in [0, 0.1) is 34.5 Å². The molecule has 1 heterocycles. The number of fused-ring (bicyclic) bond motifs is 2. The van der Waals surface area contributed by atoms with Gasteiger partial charge in [0.2, 0.25) is 0 Å². The largest absolute Gasteiger partial charge is 0.386 e. The Morgan fingerprint density at radius 1 is 0.891 bits per heavy atom. The van der Waals surface area contributed by atoms with Crippen LogP contribution in [-0.4, -0.2) is 105 Å². The van der Waals surface area contributed by atoms with E-state index in [1.807, 2.05) is 13.2 Å². The van der Waals surface area contributed by atoms with Gasteiger partial charge in [-0.3, -0.25) is 4.90 Å². The predicted octanol–water partition coefficient (Wildman–Crippen LogP) is 4.16. The van der Waals surface area contributed by atoms with E-state index in [0.717, 1.165) is 37.9 Å². The molecule has 0 aromatic heterocycles. The number of likely N-dealkylation sites (N-methyl/N-ethyl adjacent to an activating group) is 1. The van der Waals surface area contributed by atoms with E-state index in [1.54, 1.807) is 21.3 Å². The van der Waals surface area contributed by atoms with E-state index >= 15 is 0 Å². The lowest BCUT2D eigenvalue weighted by Gasteiger charge is -2.70. The molecule has 6 fully saturated rings. The molecule has 250 valence electrons. The molecule has 2 aromatic carbocycles. The van der Waals surface area contributed by atoms with Crippen molar-refractivity contribution in [3.05, 3.63) is 60.2 Å². The fourth-order valence-corrected chi connectivity index (χ4v) is 12.8. The van der Waals surface area contributed by atoms with Crippen LogP contribution in [-0.2, 0) is 30.3 Å². The molecule has 8 heteroatoms. The summed E-state index contributed by atoms with van der Waals surface area (Å²) in [6, 6.07) is 18.8. The lowest BCUT2D eigenvalue weighted by atomic mass is 9.42. The zero-order valence-corrected chi connectivity index (χ0v) is 27.9. The van der Waals surface area contributed by atoms with Crippen LogP contribution in [0.15, 0.2) is 54.6 Å². The number of aliphatic hydroxyl groups is 2. The molecule has 0 radical (unpaired) electrons. The summed E-state index contributed by atoms with van der Waals surface area (Å²) in [6.45, 7) is 4.81. The average Bonchev–Trinajstić information content (AvgIpc) is 3.50. The van der Waals surface area contributed by atoms with Gasteiger partial charge in [0.1, 0.15) is 11.2 Å². The van der Waals surface area contributed by atoms with E-state index in [4.69, 9.17) is 23.7 Å². The number of methoxy groups -OCH3 is 4. The lowest BCUT2D eigenvalue weighted by molar-refractivity contribution is -0.320. The van der Waals surface area contributed by atoms with E-state index < -0.39 is 22.7 Å². The van der Waals surface area contributed by atoms with E-state index in [9.17, 15) is 10.2 Å². The molecule has 7 bridgehead atoms. The van der Waals surface area contributed by atoms with Crippen molar-refractivity contribution < 1.29 is 33.9 Å². The molecule has 2 N–H and O–H groups in total. The summed E-state index contributed by atoms with van der Waals surface area (Å²) in [6.07, 6.45) is 2.01. The monoisotopic (exact) mass is 633 g/mol. The van der Waals surface area contributed by atoms with Gasteiger partial charge in [0, 0.05) is 70.0 Å². The number of hydrogen-bond acceptors (Lipinski definition) is 8. The number of nitrogens with zero attached hydrogens (tertiary/aromatic N) is 1. The smallest absolute Gasteiger partial charge is 0.136 e. The maximum atomic E-state index is 13.4. The van der Waals surface area contributed by atoms with Crippen LogP contribution in [0.3, 0.4) is 0 Å². The van der Waals surface area contributed by atoms with Crippen molar-refractivity contribution in [1.29, 1.82) is 0 Å². The van der Waals surface area contributed by atoms with Crippen LogP contribution in [0.4, 0.5) is 0 Å². The number of hydrogen-bond donors (Lipinski definition) is 2. The standard InChI is InChI=1S/C38H51NO7/c1-6-39-21-35(22-46-20-23-12-14-25(15-13-23)24-10-8-7-9-11-24)17-16-29(43-3)37-27-18-26-28(42-2)19-36(40,30(27)31(26)44-4)38(41,34(37)39)33(45-5)32(35)37/h7-15,26-34,40-41H,6,16-22H2,1-5H3/t26-,27-,28+,29+,30-,31+,32-,33+,34?,35+,36-,37+,38-/m1/s1. The van der Waals surface area contributed by atoms with Gasteiger partial charge in [-0.15, -0.1) is 0 Å². The molecule has 1 aliphatic heterocycles. The van der Waals surface area contributed by atoms with Gasteiger partial charge in [0.15, 0.2) is 0 Å². The second-order valence-corrected chi connectivity index (χ2v) is 15.2.